The van der Waals surface area contributed by atoms with Gasteiger partial charge in [0.05, 0.1) is 0 Å². The van der Waals surface area contributed by atoms with Gasteiger partial charge in [-0.3, -0.25) is 4.79 Å². The summed E-state index contributed by atoms with van der Waals surface area (Å²) in [5.41, 5.74) is 0.645. The van der Waals surface area contributed by atoms with Crippen molar-refractivity contribution in [1.82, 2.24) is 9.80 Å². The van der Waals surface area contributed by atoms with Gasteiger partial charge in [0, 0.05) is 30.8 Å². The zero-order chi connectivity index (χ0) is 19.7. The second kappa shape index (κ2) is 10.5. The molecule has 6 heteroatoms. The molecule has 0 saturated heterocycles. The van der Waals surface area contributed by atoms with Crippen LogP contribution < -0.4 is 0 Å². The van der Waals surface area contributed by atoms with Crippen molar-refractivity contribution in [3.8, 4) is 0 Å². The highest BCUT2D eigenvalue weighted by Crippen LogP contribution is 2.12. The van der Waals surface area contributed by atoms with Crippen LogP contribution in [0.2, 0.25) is 0 Å². The minimum Gasteiger partial charge on any atom is -0.444 e. The molecule has 0 N–H and O–H groups in total. The summed E-state index contributed by atoms with van der Waals surface area (Å²) in [6, 6.07) is 8.27. The van der Waals surface area contributed by atoms with Crippen LogP contribution in [-0.2, 0) is 16.0 Å². The van der Waals surface area contributed by atoms with E-state index in [1.54, 1.807) is 25.1 Å². The Hall–Kier alpha value is -1.57. The predicted octanol–water partition coefficient (Wildman–Crippen LogP) is 4.11. The van der Waals surface area contributed by atoms with Crippen molar-refractivity contribution in [2.75, 3.05) is 27.2 Å². The number of benzene rings is 1. The van der Waals surface area contributed by atoms with Crippen LogP contribution in [0.3, 0.4) is 0 Å². The van der Waals surface area contributed by atoms with E-state index in [1.807, 2.05) is 20.8 Å². The Balaban J connectivity index is 2.67. The fraction of sp³-hybridized carbons (Fsp3) is 0.500. The number of hydrogen-bond donors (Lipinski definition) is 0. The van der Waals surface area contributed by atoms with Gasteiger partial charge in [0.25, 0.3) is 0 Å². The molecule has 144 valence electrons. The molecule has 0 fully saturated rings. The normalized spacial score (nSPS) is 11.5. The number of carbonyl (C=O) groups is 2. The van der Waals surface area contributed by atoms with Gasteiger partial charge in [-0.1, -0.05) is 18.2 Å². The lowest BCUT2D eigenvalue weighted by molar-refractivity contribution is -0.123. The third-order valence-corrected chi connectivity index (χ3v) is 4.22. The molecule has 0 radical (unpaired) electrons. The summed E-state index contributed by atoms with van der Waals surface area (Å²) >= 11 is 2.27. The maximum Gasteiger partial charge on any atom is 0.410 e. The van der Waals surface area contributed by atoms with Gasteiger partial charge in [-0.05, 0) is 80.0 Å². The van der Waals surface area contributed by atoms with Gasteiger partial charge < -0.3 is 14.5 Å². The van der Waals surface area contributed by atoms with Crippen LogP contribution in [0, 0.1) is 3.57 Å². The summed E-state index contributed by atoms with van der Waals surface area (Å²) in [5, 5.41) is 0. The van der Waals surface area contributed by atoms with Gasteiger partial charge in [-0.15, -0.1) is 0 Å². The molecule has 0 aliphatic rings. The quantitative estimate of drug-likeness (QED) is 0.444. The fourth-order valence-electron chi connectivity index (χ4n) is 2.10. The van der Waals surface area contributed by atoms with E-state index >= 15 is 0 Å². The molecular weight excluding hydrogens is 443 g/mol. The third kappa shape index (κ3) is 9.22. The first-order valence-electron chi connectivity index (χ1n) is 8.68. The average Bonchev–Trinajstić information content (AvgIpc) is 2.53. The van der Waals surface area contributed by atoms with Gasteiger partial charge in [0.1, 0.15) is 5.60 Å². The lowest BCUT2D eigenvalue weighted by Crippen LogP contribution is -2.38. The van der Waals surface area contributed by atoms with E-state index in [9.17, 15) is 9.59 Å². The number of hydrogen-bond acceptors (Lipinski definition) is 3. The monoisotopic (exact) mass is 472 g/mol. The maximum atomic E-state index is 12.5. The first kappa shape index (κ1) is 22.5. The number of nitrogens with zero attached hydrogens (tertiary/aromatic N) is 2. The van der Waals surface area contributed by atoms with Crippen molar-refractivity contribution >= 4 is 34.6 Å². The van der Waals surface area contributed by atoms with E-state index in [0.29, 0.717) is 19.5 Å². The van der Waals surface area contributed by atoms with Crippen LogP contribution >= 0.6 is 22.6 Å². The summed E-state index contributed by atoms with van der Waals surface area (Å²) in [6.45, 7) is 6.66. The average molecular weight is 472 g/mol. The van der Waals surface area contributed by atoms with Crippen LogP contribution in [0.15, 0.2) is 36.4 Å². The second-order valence-corrected chi connectivity index (χ2v) is 8.51. The number of amides is 2. The molecule has 0 spiro atoms. The van der Waals surface area contributed by atoms with Crippen LogP contribution in [0.5, 0.6) is 0 Å². The highest BCUT2D eigenvalue weighted by atomic mass is 127. The molecule has 0 saturated carbocycles. The summed E-state index contributed by atoms with van der Waals surface area (Å²) in [6.07, 6.45) is 4.37. The van der Waals surface area contributed by atoms with Crippen molar-refractivity contribution in [3.63, 3.8) is 0 Å². The highest BCUT2D eigenvalue weighted by Gasteiger charge is 2.21. The standard InChI is InChI=1S/C20H29IN2O3/c1-20(2,3)26-19(25)23(14-7-6-8-18(24)22(4)5)15-13-16-9-11-17(21)12-10-16/h6,8-12H,7,13-15H2,1-5H3/b8-6+. The third-order valence-electron chi connectivity index (χ3n) is 3.50. The van der Waals surface area contributed by atoms with Gasteiger partial charge in [-0.2, -0.15) is 0 Å². The number of carbonyl (C=O) groups excluding carboxylic acids is 2. The Morgan fingerprint density at radius 3 is 2.27 bits per heavy atom. The van der Waals surface area contributed by atoms with Crippen LogP contribution in [0.4, 0.5) is 4.79 Å². The summed E-state index contributed by atoms with van der Waals surface area (Å²) in [5.74, 6) is -0.0623. The molecule has 26 heavy (non-hydrogen) atoms. The van der Waals surface area contributed by atoms with Gasteiger partial charge in [-0.25, -0.2) is 4.79 Å². The van der Waals surface area contributed by atoms with Crippen molar-refractivity contribution < 1.29 is 14.3 Å². The van der Waals surface area contributed by atoms with Crippen LogP contribution in [-0.4, -0.2) is 54.6 Å². The Morgan fingerprint density at radius 1 is 1.12 bits per heavy atom. The summed E-state index contributed by atoms with van der Waals surface area (Å²) in [7, 11) is 3.42. The van der Waals surface area contributed by atoms with Crippen LogP contribution in [0.1, 0.15) is 32.8 Å². The zero-order valence-corrected chi connectivity index (χ0v) is 18.4. The Bertz CT molecular complexity index is 619. The minimum atomic E-state index is -0.533. The molecule has 0 bridgehead atoms. The highest BCUT2D eigenvalue weighted by molar-refractivity contribution is 14.1. The summed E-state index contributed by atoms with van der Waals surface area (Å²) in [4.78, 5) is 27.3. The van der Waals surface area contributed by atoms with Crippen molar-refractivity contribution in [3.05, 3.63) is 45.6 Å². The molecule has 1 aromatic carbocycles. The largest absolute Gasteiger partial charge is 0.444 e. The van der Waals surface area contributed by atoms with E-state index in [0.717, 1.165) is 6.42 Å². The number of ether oxygens (including phenoxy) is 1. The molecule has 0 aromatic heterocycles. The Kier molecular flexibility index (Phi) is 9.12. The molecule has 0 atom stereocenters. The maximum absolute atomic E-state index is 12.5. The lowest BCUT2D eigenvalue weighted by Gasteiger charge is -2.27. The Labute approximate surface area is 170 Å². The molecule has 1 rings (SSSR count). The number of likely N-dealkylation sites (N-methyl/N-ethyl adjacent to an activating group) is 1. The first-order chi connectivity index (χ1) is 12.1. The number of rotatable bonds is 7. The topological polar surface area (TPSA) is 49.9 Å². The molecule has 5 nitrogen and oxygen atoms in total. The predicted molar refractivity (Wildman–Crippen MR) is 113 cm³/mol. The van der Waals surface area contributed by atoms with E-state index in [4.69, 9.17) is 4.74 Å². The van der Waals surface area contributed by atoms with Crippen molar-refractivity contribution in [2.24, 2.45) is 0 Å². The number of halogens is 1. The SMILES string of the molecule is CN(C)C(=O)/C=C/CCN(CCc1ccc(I)cc1)C(=O)OC(C)(C)C. The lowest BCUT2D eigenvalue weighted by atomic mass is 10.1. The van der Waals surface area contributed by atoms with E-state index in [-0.39, 0.29) is 12.0 Å². The Morgan fingerprint density at radius 2 is 1.73 bits per heavy atom. The molecule has 2 amide bonds. The van der Waals surface area contributed by atoms with E-state index < -0.39 is 5.60 Å². The molecule has 0 unspecified atom stereocenters. The van der Waals surface area contributed by atoms with E-state index in [1.165, 1.54) is 20.1 Å². The van der Waals surface area contributed by atoms with Crippen LogP contribution in [0.25, 0.3) is 0 Å². The van der Waals surface area contributed by atoms with Gasteiger partial charge >= 0.3 is 6.09 Å². The minimum absolute atomic E-state index is 0.0623. The van der Waals surface area contributed by atoms with Crippen molar-refractivity contribution in [2.45, 2.75) is 39.2 Å². The molecule has 0 aliphatic heterocycles. The first-order valence-corrected chi connectivity index (χ1v) is 9.76. The second-order valence-electron chi connectivity index (χ2n) is 7.27. The fourth-order valence-corrected chi connectivity index (χ4v) is 2.46. The summed E-state index contributed by atoms with van der Waals surface area (Å²) < 4.78 is 6.70. The van der Waals surface area contributed by atoms with Gasteiger partial charge in [0.2, 0.25) is 5.91 Å². The molecule has 0 heterocycles. The zero-order valence-electron chi connectivity index (χ0n) is 16.3. The van der Waals surface area contributed by atoms with Crippen molar-refractivity contribution in [1.29, 1.82) is 0 Å². The molecule has 0 aliphatic carbocycles. The van der Waals surface area contributed by atoms with Gasteiger partial charge in [0.15, 0.2) is 0 Å². The molecule has 1 aromatic rings. The van der Waals surface area contributed by atoms with E-state index in [2.05, 4.69) is 46.9 Å². The molecular formula is C20H29IN2O3. The smallest absolute Gasteiger partial charge is 0.410 e.